The number of anilines is 1. The van der Waals surface area contributed by atoms with Crippen LogP contribution in [0.2, 0.25) is 5.02 Å². The predicted molar refractivity (Wildman–Crippen MR) is 78.8 cm³/mol. The van der Waals surface area contributed by atoms with E-state index in [4.69, 9.17) is 32.7 Å². The fourth-order valence-electron chi connectivity index (χ4n) is 1.66. The lowest BCUT2D eigenvalue weighted by Gasteiger charge is -2.22. The number of aliphatic carboxylic acids is 1. The number of carbonyl (C=O) groups is 3. The van der Waals surface area contributed by atoms with E-state index in [1.165, 1.54) is 0 Å². The Kier molecular flexibility index (Phi) is 5.66. The summed E-state index contributed by atoms with van der Waals surface area (Å²) in [5.74, 6) is -3.87. The number of carbonyl (C=O) groups excluding carboxylic acids is 1. The molecule has 0 bridgehead atoms. The zero-order valence-electron chi connectivity index (χ0n) is 11.4. The molecule has 126 valence electrons. The van der Waals surface area contributed by atoms with E-state index in [2.05, 4.69) is 0 Å². The van der Waals surface area contributed by atoms with Crippen LogP contribution in [0.4, 0.5) is 5.69 Å². The van der Waals surface area contributed by atoms with Crippen LogP contribution in [0.25, 0.3) is 0 Å². The van der Waals surface area contributed by atoms with Crippen molar-refractivity contribution < 1.29 is 33.0 Å². The van der Waals surface area contributed by atoms with Crippen molar-refractivity contribution >= 4 is 45.2 Å². The van der Waals surface area contributed by atoms with Crippen LogP contribution in [0.15, 0.2) is 17.0 Å². The third-order valence-corrected chi connectivity index (χ3v) is 4.08. The molecule has 0 atom stereocenters. The number of hydrogen-bond acceptors (Lipinski definition) is 6. The van der Waals surface area contributed by atoms with Crippen LogP contribution in [-0.4, -0.2) is 49.6 Å². The number of rotatable bonds is 6. The molecule has 0 heterocycles. The Morgan fingerprint density at radius 2 is 1.78 bits per heavy atom. The zero-order valence-corrected chi connectivity index (χ0v) is 13.0. The maximum atomic E-state index is 11.8. The van der Waals surface area contributed by atoms with Crippen LogP contribution in [0, 0.1) is 0 Å². The van der Waals surface area contributed by atoms with E-state index in [1.54, 1.807) is 0 Å². The number of halogens is 1. The fourth-order valence-corrected chi connectivity index (χ4v) is 2.84. The minimum atomic E-state index is -4.42. The van der Waals surface area contributed by atoms with Crippen molar-refractivity contribution in [3.63, 3.8) is 0 Å². The highest BCUT2D eigenvalue weighted by atomic mass is 35.5. The Morgan fingerprint density at radius 1 is 1.22 bits per heavy atom. The van der Waals surface area contributed by atoms with Gasteiger partial charge in [-0.25, -0.2) is 18.4 Å². The normalized spacial score (nSPS) is 11.1. The summed E-state index contributed by atoms with van der Waals surface area (Å²) in [7, 11) is -4.42. The van der Waals surface area contributed by atoms with Gasteiger partial charge >= 0.3 is 11.9 Å². The van der Waals surface area contributed by atoms with Gasteiger partial charge in [0.05, 0.1) is 22.8 Å². The van der Waals surface area contributed by atoms with Gasteiger partial charge in [-0.15, -0.1) is 0 Å². The van der Waals surface area contributed by atoms with E-state index in [0.29, 0.717) is 11.0 Å². The molecule has 1 rings (SSSR count). The second-order valence-corrected chi connectivity index (χ2v) is 6.14. The number of hydrogen-bond donors (Lipinski definition) is 4. The predicted octanol–water partition coefficient (Wildman–Crippen LogP) is -0.938. The van der Waals surface area contributed by atoms with Crippen molar-refractivity contribution in [1.82, 2.24) is 0 Å². The largest absolute Gasteiger partial charge is 0.480 e. The molecular formula is C11H12ClN3O7S. The molecule has 1 aromatic carbocycles. The second kappa shape index (κ2) is 6.91. The van der Waals surface area contributed by atoms with E-state index >= 15 is 0 Å². The molecule has 0 unspecified atom stereocenters. The van der Waals surface area contributed by atoms with Crippen molar-refractivity contribution in [3.8, 4) is 0 Å². The number of sulfonamides is 1. The first-order valence-electron chi connectivity index (χ1n) is 5.81. The van der Waals surface area contributed by atoms with Gasteiger partial charge in [0.1, 0.15) is 11.4 Å². The average Bonchev–Trinajstić information content (AvgIpc) is 2.42. The molecule has 10 nitrogen and oxygen atoms in total. The quantitative estimate of drug-likeness (QED) is 0.498. The number of benzene rings is 1. The monoisotopic (exact) mass is 365 g/mol. The fraction of sp³-hybridized carbons (Fsp3) is 0.182. The molecule has 0 aliphatic heterocycles. The van der Waals surface area contributed by atoms with Gasteiger partial charge in [0.2, 0.25) is 15.9 Å². The van der Waals surface area contributed by atoms with Crippen LogP contribution in [0.3, 0.4) is 0 Å². The summed E-state index contributed by atoms with van der Waals surface area (Å²) in [5.41, 5.74) is 4.19. The van der Waals surface area contributed by atoms with E-state index in [1.807, 2.05) is 0 Å². The lowest BCUT2D eigenvalue weighted by molar-refractivity contribution is -0.136. The molecule has 23 heavy (non-hydrogen) atoms. The van der Waals surface area contributed by atoms with Crippen molar-refractivity contribution in [2.45, 2.75) is 4.90 Å². The third kappa shape index (κ3) is 4.39. The molecule has 1 amide bonds. The van der Waals surface area contributed by atoms with Crippen LogP contribution in [0.1, 0.15) is 10.4 Å². The maximum absolute atomic E-state index is 11.8. The lowest BCUT2D eigenvalue weighted by atomic mass is 10.1. The Balaban J connectivity index is 3.72. The molecule has 0 aliphatic rings. The first-order chi connectivity index (χ1) is 10.5. The number of carboxylic acid groups (broad SMARTS) is 2. The summed E-state index contributed by atoms with van der Waals surface area (Å²) in [6.45, 7) is -1.51. The molecule has 0 aromatic heterocycles. The zero-order chi connectivity index (χ0) is 17.9. The van der Waals surface area contributed by atoms with Crippen LogP contribution in [0.5, 0.6) is 0 Å². The van der Waals surface area contributed by atoms with Gasteiger partial charge in [-0.3, -0.25) is 14.5 Å². The summed E-state index contributed by atoms with van der Waals surface area (Å²) in [5, 5.41) is 22.3. The number of nitrogens with two attached hydrogens (primary N) is 2. The Bertz CT molecular complexity index is 778. The summed E-state index contributed by atoms with van der Waals surface area (Å²) < 4.78 is 23.0. The summed E-state index contributed by atoms with van der Waals surface area (Å²) in [4.78, 5) is 33.6. The molecule has 0 aliphatic carbocycles. The number of carboxylic acids is 2. The Hall–Kier alpha value is -2.21. The van der Waals surface area contributed by atoms with Crippen LogP contribution in [-0.2, 0) is 19.6 Å². The second-order valence-electron chi connectivity index (χ2n) is 4.24. The van der Waals surface area contributed by atoms with Crippen molar-refractivity contribution in [3.05, 3.63) is 22.7 Å². The minimum absolute atomic E-state index is 0.437. The number of primary sulfonamides is 1. The first kappa shape index (κ1) is 18.8. The first-order valence-corrected chi connectivity index (χ1v) is 7.73. The van der Waals surface area contributed by atoms with E-state index in [-0.39, 0.29) is 0 Å². The minimum Gasteiger partial charge on any atom is -0.480 e. The van der Waals surface area contributed by atoms with Gasteiger partial charge < -0.3 is 15.9 Å². The molecule has 0 spiro atoms. The van der Waals surface area contributed by atoms with Gasteiger partial charge in [-0.05, 0) is 12.1 Å². The average molecular weight is 366 g/mol. The molecule has 6 N–H and O–H groups in total. The van der Waals surface area contributed by atoms with Crippen molar-refractivity contribution in [1.29, 1.82) is 0 Å². The number of nitrogens with zero attached hydrogens (tertiary/aromatic N) is 1. The van der Waals surface area contributed by atoms with E-state index in [9.17, 15) is 22.8 Å². The highest BCUT2D eigenvalue weighted by molar-refractivity contribution is 7.89. The van der Waals surface area contributed by atoms with Gasteiger partial charge in [0, 0.05) is 0 Å². The van der Waals surface area contributed by atoms with Crippen LogP contribution >= 0.6 is 11.6 Å². The Morgan fingerprint density at radius 3 is 2.17 bits per heavy atom. The molecule has 0 radical (unpaired) electrons. The number of amides is 1. The SMILES string of the molecule is NCC(=O)N(CC(=O)O)c1cc(C(=O)O)cc(S(N)(=O)=O)c1Cl. The number of aromatic carboxylic acids is 1. The maximum Gasteiger partial charge on any atom is 0.335 e. The standard InChI is InChI=1S/C11H12ClN3O7S/c12-10-6(15(4-9(17)18)8(16)3-13)1-5(11(19)20)2-7(10)23(14,21)22/h1-2H,3-4,13H2,(H,17,18)(H,19,20)(H2,14,21,22). The molecule has 0 saturated heterocycles. The van der Waals surface area contributed by atoms with Crippen molar-refractivity contribution in [2.24, 2.45) is 10.9 Å². The lowest BCUT2D eigenvalue weighted by Crippen LogP contribution is -2.40. The smallest absolute Gasteiger partial charge is 0.335 e. The molecule has 0 fully saturated rings. The topological polar surface area (TPSA) is 181 Å². The Labute approximate surface area is 135 Å². The molecule has 12 heteroatoms. The van der Waals surface area contributed by atoms with E-state index in [0.717, 1.165) is 6.07 Å². The summed E-state index contributed by atoms with van der Waals surface area (Å²) in [6, 6.07) is 1.56. The molecule has 0 saturated carbocycles. The van der Waals surface area contributed by atoms with E-state index < -0.39 is 62.1 Å². The third-order valence-electron chi connectivity index (χ3n) is 2.63. The van der Waals surface area contributed by atoms with Gasteiger partial charge in [0.25, 0.3) is 0 Å². The summed E-state index contributed by atoms with van der Waals surface area (Å²) >= 11 is 5.87. The highest BCUT2D eigenvalue weighted by Gasteiger charge is 2.26. The molecular weight excluding hydrogens is 354 g/mol. The van der Waals surface area contributed by atoms with Crippen molar-refractivity contribution in [2.75, 3.05) is 18.0 Å². The molecule has 1 aromatic rings. The van der Waals surface area contributed by atoms with Crippen LogP contribution < -0.4 is 15.8 Å². The van der Waals surface area contributed by atoms with Gasteiger partial charge in [-0.2, -0.15) is 0 Å². The van der Waals surface area contributed by atoms with Gasteiger partial charge in [0.15, 0.2) is 0 Å². The summed E-state index contributed by atoms with van der Waals surface area (Å²) in [6.07, 6.45) is 0. The highest BCUT2D eigenvalue weighted by Crippen LogP contribution is 2.33. The van der Waals surface area contributed by atoms with Gasteiger partial charge in [-0.1, -0.05) is 11.6 Å².